The Morgan fingerprint density at radius 2 is 2.62 bits per heavy atom. The minimum atomic E-state index is -0.361. The Morgan fingerprint density at radius 1 is 2.00 bits per heavy atom. The molecule has 1 fully saturated rings. The largest absolute Gasteiger partial charge is 0.442 e. The van der Waals surface area contributed by atoms with E-state index in [1.54, 1.807) is 0 Å². The van der Waals surface area contributed by atoms with Crippen LogP contribution >= 0.6 is 0 Å². The molecule has 0 aliphatic carbocycles. The summed E-state index contributed by atoms with van der Waals surface area (Å²) in [7, 11) is 0. The fourth-order valence-electron chi connectivity index (χ4n) is 0.320. The summed E-state index contributed by atoms with van der Waals surface area (Å²) in [5.41, 5.74) is 0. The molecule has 3 nitrogen and oxygen atoms in total. The summed E-state index contributed by atoms with van der Waals surface area (Å²) in [5, 5.41) is 2.81. The molecule has 8 heavy (non-hydrogen) atoms. The van der Waals surface area contributed by atoms with Gasteiger partial charge in [0.05, 0.1) is 0 Å². The smallest absolute Gasteiger partial charge is 0.331 e. The zero-order valence-electron chi connectivity index (χ0n) is 4.39. The van der Waals surface area contributed by atoms with E-state index in [1.165, 1.54) is 0 Å². The van der Waals surface area contributed by atoms with E-state index in [-0.39, 0.29) is 12.2 Å². The second-order valence-corrected chi connectivity index (χ2v) is 1.54. The third-order valence-electron chi connectivity index (χ3n) is 0.796. The predicted molar refractivity (Wildman–Crippen MR) is 28.1 cm³/mol. The van der Waals surface area contributed by atoms with E-state index in [0.717, 1.165) is 12.6 Å². The van der Waals surface area contributed by atoms with Crippen molar-refractivity contribution in [3.05, 3.63) is 12.7 Å². The van der Waals surface area contributed by atoms with Crippen LogP contribution in [0.2, 0.25) is 0 Å². The van der Waals surface area contributed by atoms with Crippen molar-refractivity contribution in [1.82, 2.24) is 5.32 Å². The van der Waals surface area contributed by atoms with Gasteiger partial charge in [0.2, 0.25) is 0 Å². The minimum Gasteiger partial charge on any atom is -0.442 e. The first kappa shape index (κ1) is 5.31. The van der Waals surface area contributed by atoms with Crippen molar-refractivity contribution in [2.24, 2.45) is 0 Å². The van der Waals surface area contributed by atoms with Crippen LogP contribution in [0.5, 0.6) is 0 Å². The van der Waals surface area contributed by atoms with Gasteiger partial charge >= 0.3 is 5.97 Å². The van der Waals surface area contributed by atoms with E-state index in [0.29, 0.717) is 0 Å². The summed E-state index contributed by atoms with van der Waals surface area (Å²) in [6.07, 6.45) is 1.11. The molecular weight excluding hydrogens is 106 g/mol. The number of nitrogens with one attached hydrogen (secondary N) is 1. The highest BCUT2D eigenvalue weighted by Crippen LogP contribution is 1.98. The first-order valence-electron chi connectivity index (χ1n) is 2.39. The van der Waals surface area contributed by atoms with Gasteiger partial charge in [-0.15, -0.1) is 0 Å². The van der Waals surface area contributed by atoms with E-state index in [2.05, 4.69) is 16.6 Å². The Labute approximate surface area is 47.3 Å². The van der Waals surface area contributed by atoms with Gasteiger partial charge in [0.1, 0.15) is 0 Å². The van der Waals surface area contributed by atoms with Crippen LogP contribution in [0.1, 0.15) is 0 Å². The molecule has 1 saturated heterocycles. The van der Waals surface area contributed by atoms with Gasteiger partial charge in [-0.2, -0.15) is 0 Å². The van der Waals surface area contributed by atoms with E-state index in [9.17, 15) is 4.79 Å². The van der Waals surface area contributed by atoms with Crippen LogP contribution in [0.25, 0.3) is 0 Å². The van der Waals surface area contributed by atoms with Crippen LogP contribution in [0.15, 0.2) is 12.7 Å². The Bertz CT molecular complexity index is 118. The number of rotatable bonds is 2. The molecule has 1 atom stereocenters. The van der Waals surface area contributed by atoms with Crippen LogP contribution in [-0.4, -0.2) is 18.7 Å². The van der Waals surface area contributed by atoms with Gasteiger partial charge in [-0.25, -0.2) is 4.79 Å². The minimum absolute atomic E-state index is 0.0412. The van der Waals surface area contributed by atoms with Crippen LogP contribution in [0.3, 0.4) is 0 Å². The molecule has 1 N–H and O–H groups in total. The Balaban J connectivity index is 2.16. The highest BCUT2D eigenvalue weighted by molar-refractivity contribution is 5.81. The van der Waals surface area contributed by atoms with Gasteiger partial charge in [-0.05, 0) is 0 Å². The van der Waals surface area contributed by atoms with Crippen LogP contribution in [0.4, 0.5) is 0 Å². The summed E-state index contributed by atoms with van der Waals surface area (Å²) in [5.74, 6) is -0.361. The molecular formula is C5H7NO2. The third kappa shape index (κ3) is 1.35. The van der Waals surface area contributed by atoms with E-state index in [4.69, 9.17) is 0 Å². The zero-order valence-corrected chi connectivity index (χ0v) is 4.39. The average Bonchev–Trinajstić information content (AvgIpc) is 2.50. The summed E-state index contributed by atoms with van der Waals surface area (Å²) in [6, 6.07) is 0. The summed E-state index contributed by atoms with van der Waals surface area (Å²) in [6.45, 7) is 4.02. The molecule has 1 heterocycles. The summed E-state index contributed by atoms with van der Waals surface area (Å²) in [4.78, 5) is 10.3. The number of ether oxygens (including phenoxy) is 1. The first-order valence-corrected chi connectivity index (χ1v) is 2.39. The fourth-order valence-corrected chi connectivity index (χ4v) is 0.320. The van der Waals surface area contributed by atoms with Crippen LogP contribution < -0.4 is 5.32 Å². The molecule has 0 radical (unpaired) electrons. The highest BCUT2D eigenvalue weighted by atomic mass is 16.6. The molecule has 44 valence electrons. The quantitative estimate of drug-likeness (QED) is 0.302. The van der Waals surface area contributed by atoms with Crippen molar-refractivity contribution in [2.75, 3.05) is 6.54 Å². The molecule has 1 aliphatic rings. The Kier molecular flexibility index (Phi) is 1.30. The fraction of sp³-hybridized carbons (Fsp3) is 0.400. The maximum Gasteiger partial charge on any atom is 0.331 e. The van der Waals surface area contributed by atoms with Crippen LogP contribution in [0, 0.1) is 0 Å². The molecule has 0 amide bonds. The van der Waals surface area contributed by atoms with Crippen LogP contribution in [-0.2, 0) is 9.53 Å². The SMILES string of the molecule is C=CC(=O)OC1CN1. The number of esters is 1. The Morgan fingerprint density at radius 3 is 3.00 bits per heavy atom. The second kappa shape index (κ2) is 1.96. The van der Waals surface area contributed by atoms with E-state index >= 15 is 0 Å². The average molecular weight is 113 g/mol. The Hall–Kier alpha value is -0.830. The van der Waals surface area contributed by atoms with Gasteiger partial charge in [-0.1, -0.05) is 6.58 Å². The lowest BCUT2D eigenvalue weighted by molar-refractivity contribution is -0.139. The number of hydrogen-bond donors (Lipinski definition) is 1. The molecule has 0 aromatic rings. The topological polar surface area (TPSA) is 48.2 Å². The predicted octanol–water partition coefficient (Wildman–Crippen LogP) is -0.355. The molecule has 1 unspecified atom stereocenters. The van der Waals surface area contributed by atoms with Crippen molar-refractivity contribution in [1.29, 1.82) is 0 Å². The summed E-state index contributed by atoms with van der Waals surface area (Å²) >= 11 is 0. The van der Waals surface area contributed by atoms with Crippen molar-refractivity contribution in [2.45, 2.75) is 6.23 Å². The lowest BCUT2D eigenvalue weighted by Gasteiger charge is -1.92. The molecule has 1 rings (SSSR count). The normalized spacial score (nSPS) is 24.2. The standard InChI is InChI=1S/C5H7NO2/c1-2-5(7)8-4-3-6-4/h2,4,6H,1,3H2. The van der Waals surface area contributed by atoms with E-state index < -0.39 is 0 Å². The van der Waals surface area contributed by atoms with Crippen molar-refractivity contribution < 1.29 is 9.53 Å². The lowest BCUT2D eigenvalue weighted by Crippen LogP contribution is -2.04. The molecule has 3 heteroatoms. The van der Waals surface area contributed by atoms with Crippen molar-refractivity contribution in [3.8, 4) is 0 Å². The molecule has 0 aromatic carbocycles. The second-order valence-electron chi connectivity index (χ2n) is 1.54. The molecule has 1 aliphatic heterocycles. The number of hydrogen-bond acceptors (Lipinski definition) is 3. The van der Waals surface area contributed by atoms with Crippen molar-refractivity contribution >= 4 is 5.97 Å². The third-order valence-corrected chi connectivity index (χ3v) is 0.796. The van der Waals surface area contributed by atoms with Gasteiger partial charge in [0.15, 0.2) is 6.23 Å². The maximum atomic E-state index is 10.3. The lowest BCUT2D eigenvalue weighted by atomic mass is 10.6. The van der Waals surface area contributed by atoms with Gasteiger partial charge in [0.25, 0.3) is 0 Å². The number of carbonyl (C=O) groups is 1. The zero-order chi connectivity index (χ0) is 5.98. The highest BCUT2D eigenvalue weighted by Gasteiger charge is 2.22. The molecule has 0 bridgehead atoms. The van der Waals surface area contributed by atoms with Crippen molar-refractivity contribution in [3.63, 3.8) is 0 Å². The number of carbonyl (C=O) groups excluding carboxylic acids is 1. The monoisotopic (exact) mass is 113 g/mol. The molecule has 0 saturated carbocycles. The maximum absolute atomic E-state index is 10.3. The van der Waals surface area contributed by atoms with Gasteiger partial charge in [0, 0.05) is 12.6 Å². The summed E-state index contributed by atoms with van der Waals surface area (Å²) < 4.78 is 4.64. The van der Waals surface area contributed by atoms with Gasteiger partial charge in [-0.3, -0.25) is 5.32 Å². The molecule has 0 spiro atoms. The molecule has 0 aromatic heterocycles. The first-order chi connectivity index (χ1) is 3.83. The van der Waals surface area contributed by atoms with Gasteiger partial charge < -0.3 is 4.74 Å². The van der Waals surface area contributed by atoms with E-state index in [1.807, 2.05) is 0 Å².